The average Bonchev–Trinajstić information content (AvgIpc) is 2.35. The zero-order chi connectivity index (χ0) is 13.8. The van der Waals surface area contributed by atoms with Crippen molar-refractivity contribution in [2.45, 2.75) is 13.8 Å². The van der Waals surface area contributed by atoms with Crippen molar-refractivity contribution in [1.82, 2.24) is 9.97 Å². The standard InChI is InChI=1S/C13H12N4O2/c1-9-6-10(2)16-13(15-9)14-8-11-4-3-5-12(7-11)17(18)19/h3-8H,1-2H3. The van der Waals surface area contributed by atoms with E-state index in [1.165, 1.54) is 18.3 Å². The minimum absolute atomic E-state index is 0.0327. The van der Waals surface area contributed by atoms with Crippen molar-refractivity contribution in [1.29, 1.82) is 0 Å². The number of aromatic nitrogens is 2. The van der Waals surface area contributed by atoms with Crippen molar-refractivity contribution >= 4 is 17.9 Å². The highest BCUT2D eigenvalue weighted by atomic mass is 16.6. The Hall–Kier alpha value is -2.63. The predicted molar refractivity (Wildman–Crippen MR) is 71.9 cm³/mol. The lowest BCUT2D eigenvalue weighted by Crippen LogP contribution is -1.91. The molecular weight excluding hydrogens is 244 g/mol. The first-order chi connectivity index (χ1) is 9.04. The fourth-order valence-corrected chi connectivity index (χ4v) is 1.62. The molecule has 1 aromatic carbocycles. The van der Waals surface area contributed by atoms with Gasteiger partial charge in [-0.05, 0) is 25.5 Å². The molecule has 6 nitrogen and oxygen atoms in total. The maximum absolute atomic E-state index is 10.7. The molecule has 0 saturated heterocycles. The summed E-state index contributed by atoms with van der Waals surface area (Å²) in [6.45, 7) is 3.72. The number of nitrogens with zero attached hydrogens (tertiary/aromatic N) is 4. The number of hydrogen-bond donors (Lipinski definition) is 0. The Morgan fingerprint density at radius 1 is 1.21 bits per heavy atom. The SMILES string of the molecule is Cc1cc(C)nc(N=Cc2cccc([N+](=O)[O-])c2)n1. The molecule has 0 radical (unpaired) electrons. The highest BCUT2D eigenvalue weighted by molar-refractivity contribution is 5.82. The second kappa shape index (κ2) is 5.34. The summed E-state index contributed by atoms with van der Waals surface area (Å²) in [5, 5.41) is 10.7. The second-order valence-electron chi connectivity index (χ2n) is 4.06. The van der Waals surface area contributed by atoms with E-state index >= 15 is 0 Å². The Kier molecular flexibility index (Phi) is 3.61. The average molecular weight is 256 g/mol. The first kappa shape index (κ1) is 12.8. The normalized spacial score (nSPS) is 10.8. The van der Waals surface area contributed by atoms with Crippen LogP contribution in [0.1, 0.15) is 17.0 Å². The van der Waals surface area contributed by atoms with Gasteiger partial charge < -0.3 is 0 Å². The molecule has 96 valence electrons. The molecule has 0 aliphatic heterocycles. The van der Waals surface area contributed by atoms with E-state index < -0.39 is 4.92 Å². The summed E-state index contributed by atoms with van der Waals surface area (Å²) in [5.41, 5.74) is 2.33. The third-order valence-electron chi connectivity index (χ3n) is 2.38. The van der Waals surface area contributed by atoms with Gasteiger partial charge in [0, 0.05) is 29.7 Å². The molecule has 0 N–H and O–H groups in total. The lowest BCUT2D eigenvalue weighted by molar-refractivity contribution is -0.384. The van der Waals surface area contributed by atoms with Gasteiger partial charge in [-0.1, -0.05) is 12.1 Å². The Balaban J connectivity index is 2.27. The third-order valence-corrected chi connectivity index (χ3v) is 2.38. The van der Waals surface area contributed by atoms with Crippen LogP contribution in [-0.2, 0) is 0 Å². The van der Waals surface area contributed by atoms with Gasteiger partial charge in [0.25, 0.3) is 5.69 Å². The molecule has 0 saturated carbocycles. The molecule has 19 heavy (non-hydrogen) atoms. The minimum atomic E-state index is -0.440. The summed E-state index contributed by atoms with van der Waals surface area (Å²) in [6.07, 6.45) is 1.52. The quantitative estimate of drug-likeness (QED) is 0.480. The Morgan fingerprint density at radius 3 is 2.53 bits per heavy atom. The van der Waals surface area contributed by atoms with Crippen LogP contribution in [0.3, 0.4) is 0 Å². The van der Waals surface area contributed by atoms with Crippen LogP contribution in [-0.4, -0.2) is 21.1 Å². The van der Waals surface area contributed by atoms with Gasteiger partial charge in [-0.25, -0.2) is 15.0 Å². The summed E-state index contributed by atoms with van der Waals surface area (Å²) >= 11 is 0. The Labute approximate surface area is 110 Å². The molecule has 2 aromatic rings. The summed E-state index contributed by atoms with van der Waals surface area (Å²) in [7, 11) is 0. The van der Waals surface area contributed by atoms with Crippen LogP contribution in [0.5, 0.6) is 0 Å². The maximum Gasteiger partial charge on any atom is 0.270 e. The third kappa shape index (κ3) is 3.41. The van der Waals surface area contributed by atoms with Crippen molar-refractivity contribution < 1.29 is 4.92 Å². The molecule has 0 unspecified atom stereocenters. The number of rotatable bonds is 3. The number of benzene rings is 1. The van der Waals surface area contributed by atoms with Gasteiger partial charge in [0.15, 0.2) is 0 Å². The molecule has 2 rings (SSSR count). The van der Waals surface area contributed by atoms with Crippen LogP contribution in [0.15, 0.2) is 35.3 Å². The van der Waals surface area contributed by atoms with Gasteiger partial charge in [-0.3, -0.25) is 10.1 Å². The molecular formula is C13H12N4O2. The summed E-state index contributed by atoms with van der Waals surface area (Å²) in [5.74, 6) is 0.351. The predicted octanol–water partition coefficient (Wildman–Crippen LogP) is 2.75. The van der Waals surface area contributed by atoms with Crippen LogP contribution >= 0.6 is 0 Å². The number of aliphatic imine (C=N–C) groups is 1. The molecule has 0 bridgehead atoms. The fraction of sp³-hybridized carbons (Fsp3) is 0.154. The van der Waals surface area contributed by atoms with Gasteiger partial charge in [0.2, 0.25) is 5.95 Å². The van der Waals surface area contributed by atoms with E-state index in [0.717, 1.165) is 11.4 Å². The van der Waals surface area contributed by atoms with E-state index in [0.29, 0.717) is 11.5 Å². The summed E-state index contributed by atoms with van der Waals surface area (Å²) < 4.78 is 0. The van der Waals surface area contributed by atoms with Crippen molar-refractivity contribution in [2.24, 2.45) is 4.99 Å². The van der Waals surface area contributed by atoms with E-state index in [2.05, 4.69) is 15.0 Å². The number of hydrogen-bond acceptors (Lipinski definition) is 5. The van der Waals surface area contributed by atoms with Crippen molar-refractivity contribution in [3.8, 4) is 0 Å². The van der Waals surface area contributed by atoms with Crippen molar-refractivity contribution in [3.63, 3.8) is 0 Å². The van der Waals surface area contributed by atoms with Crippen LogP contribution in [0.25, 0.3) is 0 Å². The second-order valence-corrected chi connectivity index (χ2v) is 4.06. The lowest BCUT2D eigenvalue weighted by Gasteiger charge is -1.97. The van der Waals surface area contributed by atoms with E-state index in [4.69, 9.17) is 0 Å². The summed E-state index contributed by atoms with van der Waals surface area (Å²) in [4.78, 5) is 22.7. The smallest absolute Gasteiger partial charge is 0.258 e. The highest BCUT2D eigenvalue weighted by Gasteiger charge is 2.04. The first-order valence-corrected chi connectivity index (χ1v) is 5.65. The van der Waals surface area contributed by atoms with Crippen LogP contribution in [0.4, 0.5) is 11.6 Å². The van der Waals surface area contributed by atoms with Crippen LogP contribution < -0.4 is 0 Å². The van der Waals surface area contributed by atoms with Crippen molar-refractivity contribution in [2.75, 3.05) is 0 Å². The molecule has 6 heteroatoms. The molecule has 0 aliphatic carbocycles. The number of aryl methyl sites for hydroxylation is 2. The van der Waals surface area contributed by atoms with Gasteiger partial charge >= 0.3 is 0 Å². The molecule has 0 fully saturated rings. The van der Waals surface area contributed by atoms with Crippen molar-refractivity contribution in [3.05, 3.63) is 57.4 Å². The molecule has 1 heterocycles. The van der Waals surface area contributed by atoms with Gasteiger partial charge in [-0.2, -0.15) is 0 Å². The molecule has 0 amide bonds. The maximum atomic E-state index is 10.7. The Bertz CT molecular complexity index is 633. The van der Waals surface area contributed by atoms with E-state index in [9.17, 15) is 10.1 Å². The monoisotopic (exact) mass is 256 g/mol. The van der Waals surface area contributed by atoms with Gasteiger partial charge in [0.05, 0.1) is 4.92 Å². The zero-order valence-corrected chi connectivity index (χ0v) is 10.6. The summed E-state index contributed by atoms with van der Waals surface area (Å²) in [6, 6.07) is 8.09. The number of nitro benzene ring substituents is 1. The van der Waals surface area contributed by atoms with E-state index in [1.807, 2.05) is 19.9 Å². The minimum Gasteiger partial charge on any atom is -0.258 e. The topological polar surface area (TPSA) is 81.3 Å². The highest BCUT2D eigenvalue weighted by Crippen LogP contribution is 2.13. The number of nitro groups is 1. The molecule has 0 spiro atoms. The Morgan fingerprint density at radius 2 is 1.89 bits per heavy atom. The number of non-ortho nitro benzene ring substituents is 1. The molecule has 1 aromatic heterocycles. The fourth-order valence-electron chi connectivity index (χ4n) is 1.62. The largest absolute Gasteiger partial charge is 0.270 e. The molecule has 0 aliphatic rings. The first-order valence-electron chi connectivity index (χ1n) is 5.65. The van der Waals surface area contributed by atoms with E-state index in [1.54, 1.807) is 12.1 Å². The van der Waals surface area contributed by atoms with Gasteiger partial charge in [-0.15, -0.1) is 0 Å². The van der Waals surface area contributed by atoms with E-state index in [-0.39, 0.29) is 5.69 Å². The zero-order valence-electron chi connectivity index (χ0n) is 10.6. The van der Waals surface area contributed by atoms with Gasteiger partial charge in [0.1, 0.15) is 0 Å². The lowest BCUT2D eigenvalue weighted by atomic mass is 10.2. The molecule has 0 atom stereocenters. The van der Waals surface area contributed by atoms with Crippen LogP contribution in [0, 0.1) is 24.0 Å². The van der Waals surface area contributed by atoms with Crippen LogP contribution in [0.2, 0.25) is 0 Å².